The molecule has 0 bridgehead atoms. The Hall–Kier alpha value is -0.160. The smallest absolute Gasteiger partial charge is 0.0357 e. The van der Waals surface area contributed by atoms with Crippen molar-refractivity contribution < 1.29 is 0 Å². The highest BCUT2D eigenvalue weighted by atomic mass is 15.3. The minimum Gasteiger partial charge on any atom is -0.329 e. The van der Waals surface area contributed by atoms with Gasteiger partial charge >= 0.3 is 0 Å². The molecule has 3 heterocycles. The Morgan fingerprint density at radius 3 is 2.52 bits per heavy atom. The van der Waals surface area contributed by atoms with E-state index in [1.54, 1.807) is 0 Å². The van der Waals surface area contributed by atoms with E-state index in [0.29, 0.717) is 5.54 Å². The first-order chi connectivity index (χ1) is 10.1. The number of hydrogen-bond acceptors (Lipinski definition) is 4. The van der Waals surface area contributed by atoms with Crippen LogP contribution in [-0.4, -0.2) is 78.6 Å². The molecule has 0 spiro atoms. The monoisotopic (exact) mass is 294 g/mol. The molecule has 3 aliphatic heterocycles. The Morgan fingerprint density at radius 1 is 1.10 bits per heavy atom. The van der Waals surface area contributed by atoms with Gasteiger partial charge in [0, 0.05) is 44.3 Å². The number of likely N-dealkylation sites (tertiary alicyclic amines) is 1. The Bertz CT molecular complexity index is 336. The van der Waals surface area contributed by atoms with E-state index >= 15 is 0 Å². The largest absolute Gasteiger partial charge is 0.329 e. The molecule has 2 N–H and O–H groups in total. The lowest BCUT2D eigenvalue weighted by atomic mass is 9.84. The zero-order valence-electron chi connectivity index (χ0n) is 14.1. The molecule has 4 heteroatoms. The molecule has 0 radical (unpaired) electrons. The van der Waals surface area contributed by atoms with E-state index in [2.05, 4.69) is 28.5 Å². The fourth-order valence-electron chi connectivity index (χ4n) is 4.74. The maximum absolute atomic E-state index is 6.28. The highest BCUT2D eigenvalue weighted by Gasteiger charge is 2.42. The third-order valence-corrected chi connectivity index (χ3v) is 6.05. The van der Waals surface area contributed by atoms with Crippen molar-refractivity contribution in [2.75, 3.05) is 52.4 Å². The molecule has 0 aromatic heterocycles. The lowest BCUT2D eigenvalue weighted by Crippen LogP contribution is -2.65. The van der Waals surface area contributed by atoms with Crippen LogP contribution < -0.4 is 5.73 Å². The van der Waals surface area contributed by atoms with Crippen LogP contribution in [0.3, 0.4) is 0 Å². The van der Waals surface area contributed by atoms with Crippen molar-refractivity contribution in [1.82, 2.24) is 14.7 Å². The van der Waals surface area contributed by atoms with Gasteiger partial charge in [-0.3, -0.25) is 9.80 Å². The molecule has 3 rings (SSSR count). The second kappa shape index (κ2) is 6.53. The van der Waals surface area contributed by atoms with Crippen molar-refractivity contribution in [2.24, 2.45) is 11.7 Å². The maximum Gasteiger partial charge on any atom is 0.0357 e. The Kier molecular flexibility index (Phi) is 4.89. The Morgan fingerprint density at radius 2 is 1.86 bits per heavy atom. The molecule has 1 atom stereocenters. The van der Waals surface area contributed by atoms with Crippen molar-refractivity contribution in [3.05, 3.63) is 0 Å². The Balaban J connectivity index is 1.60. The highest BCUT2D eigenvalue weighted by molar-refractivity contribution is 5.00. The minimum absolute atomic E-state index is 0.294. The standard InChI is InChI=1S/C17H34N4/c1-15(2)12-19-8-5-17(14-18,6-9-19)21-11-10-20-7-3-4-16(20)13-21/h15-16H,3-14,18H2,1-2H3. The lowest BCUT2D eigenvalue weighted by molar-refractivity contribution is -0.0195. The number of fused-ring (bicyclic) bond motifs is 1. The normalized spacial score (nSPS) is 31.7. The predicted octanol–water partition coefficient (Wildman–Crippen LogP) is 1.22. The van der Waals surface area contributed by atoms with Crippen molar-refractivity contribution in [3.8, 4) is 0 Å². The lowest BCUT2D eigenvalue weighted by Gasteiger charge is -2.52. The quantitative estimate of drug-likeness (QED) is 0.845. The van der Waals surface area contributed by atoms with Crippen LogP contribution in [0.25, 0.3) is 0 Å². The number of piperazine rings is 1. The van der Waals surface area contributed by atoms with Crippen LogP contribution in [0, 0.1) is 5.92 Å². The number of hydrogen-bond donors (Lipinski definition) is 1. The molecule has 1 unspecified atom stereocenters. The zero-order chi connectivity index (χ0) is 14.9. The van der Waals surface area contributed by atoms with Gasteiger partial charge in [-0.1, -0.05) is 13.8 Å². The summed E-state index contributed by atoms with van der Waals surface area (Å²) in [6.45, 7) is 14.3. The summed E-state index contributed by atoms with van der Waals surface area (Å²) in [5.41, 5.74) is 6.57. The van der Waals surface area contributed by atoms with Crippen LogP contribution in [0.4, 0.5) is 0 Å². The van der Waals surface area contributed by atoms with Crippen molar-refractivity contribution in [3.63, 3.8) is 0 Å². The number of piperidine rings is 1. The first kappa shape index (κ1) is 15.7. The average Bonchev–Trinajstić information content (AvgIpc) is 2.95. The SMILES string of the molecule is CC(C)CN1CCC(CN)(N2CCN3CCCC3C2)CC1. The third-order valence-electron chi connectivity index (χ3n) is 6.05. The molecule has 0 aromatic rings. The molecule has 0 saturated carbocycles. The van der Waals surface area contributed by atoms with Crippen LogP contribution in [0.15, 0.2) is 0 Å². The van der Waals surface area contributed by atoms with E-state index in [4.69, 9.17) is 5.73 Å². The van der Waals surface area contributed by atoms with Crippen LogP contribution >= 0.6 is 0 Å². The van der Waals surface area contributed by atoms with Crippen molar-refractivity contribution in [2.45, 2.75) is 51.1 Å². The van der Waals surface area contributed by atoms with Gasteiger partial charge in [-0.25, -0.2) is 0 Å². The molecule has 0 amide bonds. The zero-order valence-corrected chi connectivity index (χ0v) is 14.1. The Labute approximate surface area is 130 Å². The first-order valence-electron chi connectivity index (χ1n) is 9.04. The van der Waals surface area contributed by atoms with Gasteiger partial charge in [-0.15, -0.1) is 0 Å². The van der Waals surface area contributed by atoms with Crippen LogP contribution in [0.1, 0.15) is 39.5 Å². The summed E-state index contributed by atoms with van der Waals surface area (Å²) in [7, 11) is 0. The van der Waals surface area contributed by atoms with E-state index in [9.17, 15) is 0 Å². The minimum atomic E-state index is 0.294. The highest BCUT2D eigenvalue weighted by Crippen LogP contribution is 2.32. The summed E-state index contributed by atoms with van der Waals surface area (Å²) in [4.78, 5) is 8.12. The summed E-state index contributed by atoms with van der Waals surface area (Å²) in [6, 6.07) is 0.816. The van der Waals surface area contributed by atoms with E-state index in [1.165, 1.54) is 71.5 Å². The molecule has 4 nitrogen and oxygen atoms in total. The molecule has 3 aliphatic rings. The van der Waals surface area contributed by atoms with Gasteiger partial charge in [0.15, 0.2) is 0 Å². The molecule has 0 aromatic carbocycles. The second-order valence-corrected chi connectivity index (χ2v) is 7.90. The molecule has 3 saturated heterocycles. The fourth-order valence-corrected chi connectivity index (χ4v) is 4.74. The number of rotatable bonds is 4. The first-order valence-corrected chi connectivity index (χ1v) is 9.04. The maximum atomic E-state index is 6.28. The molecule has 3 fully saturated rings. The fraction of sp³-hybridized carbons (Fsp3) is 1.00. The van der Waals surface area contributed by atoms with Crippen molar-refractivity contribution >= 4 is 0 Å². The van der Waals surface area contributed by atoms with Crippen LogP contribution in [0.2, 0.25) is 0 Å². The van der Waals surface area contributed by atoms with Gasteiger partial charge in [-0.05, 0) is 51.2 Å². The second-order valence-electron chi connectivity index (χ2n) is 7.90. The average molecular weight is 294 g/mol. The van der Waals surface area contributed by atoms with Gasteiger partial charge in [0.1, 0.15) is 0 Å². The topological polar surface area (TPSA) is 35.7 Å². The van der Waals surface area contributed by atoms with Gasteiger partial charge in [0.25, 0.3) is 0 Å². The predicted molar refractivity (Wildman–Crippen MR) is 88.5 cm³/mol. The van der Waals surface area contributed by atoms with Gasteiger partial charge < -0.3 is 10.6 Å². The van der Waals surface area contributed by atoms with Gasteiger partial charge in [-0.2, -0.15) is 0 Å². The van der Waals surface area contributed by atoms with E-state index in [-0.39, 0.29) is 0 Å². The summed E-state index contributed by atoms with van der Waals surface area (Å²) in [6.07, 6.45) is 5.33. The third kappa shape index (κ3) is 3.29. The molecule has 0 aliphatic carbocycles. The van der Waals surface area contributed by atoms with Gasteiger partial charge in [0.2, 0.25) is 0 Å². The number of nitrogens with zero attached hydrogens (tertiary/aromatic N) is 3. The summed E-state index contributed by atoms with van der Waals surface area (Å²) in [5.74, 6) is 0.775. The molecular formula is C17H34N4. The summed E-state index contributed by atoms with van der Waals surface area (Å²) in [5, 5.41) is 0. The van der Waals surface area contributed by atoms with Crippen LogP contribution in [0.5, 0.6) is 0 Å². The van der Waals surface area contributed by atoms with Crippen LogP contribution in [-0.2, 0) is 0 Å². The number of nitrogens with two attached hydrogens (primary N) is 1. The summed E-state index contributed by atoms with van der Waals surface area (Å²) < 4.78 is 0. The summed E-state index contributed by atoms with van der Waals surface area (Å²) >= 11 is 0. The van der Waals surface area contributed by atoms with Crippen molar-refractivity contribution in [1.29, 1.82) is 0 Å². The van der Waals surface area contributed by atoms with E-state index in [0.717, 1.165) is 18.5 Å². The molecular weight excluding hydrogens is 260 g/mol. The van der Waals surface area contributed by atoms with Gasteiger partial charge in [0.05, 0.1) is 0 Å². The molecule has 122 valence electrons. The van der Waals surface area contributed by atoms with E-state index in [1.807, 2.05) is 0 Å². The molecule has 21 heavy (non-hydrogen) atoms. The van der Waals surface area contributed by atoms with E-state index < -0.39 is 0 Å².